The van der Waals surface area contributed by atoms with Crippen LogP contribution in [0.5, 0.6) is 0 Å². The molecule has 1 aromatic heterocycles. The number of hydrogen-bond donors (Lipinski definition) is 2. The Bertz CT molecular complexity index is 521. The highest BCUT2D eigenvalue weighted by Gasteiger charge is 2.11. The van der Waals surface area contributed by atoms with Gasteiger partial charge < -0.3 is 10.4 Å². The van der Waals surface area contributed by atoms with Crippen molar-refractivity contribution in [1.82, 2.24) is 9.97 Å². The summed E-state index contributed by atoms with van der Waals surface area (Å²) in [5.74, 6) is 0.456. The molecule has 6 heteroatoms. The van der Waals surface area contributed by atoms with Crippen molar-refractivity contribution >= 4 is 33.5 Å². The topological polar surface area (TPSA) is 58.0 Å². The van der Waals surface area contributed by atoms with Gasteiger partial charge in [0.05, 0.1) is 17.1 Å². The van der Waals surface area contributed by atoms with Crippen LogP contribution in [0.15, 0.2) is 41.1 Å². The van der Waals surface area contributed by atoms with Gasteiger partial charge in [-0.1, -0.05) is 23.7 Å². The summed E-state index contributed by atoms with van der Waals surface area (Å²) in [6.07, 6.45) is 3.28. The van der Waals surface area contributed by atoms with Crippen LogP contribution >= 0.6 is 27.5 Å². The van der Waals surface area contributed by atoms with Crippen molar-refractivity contribution in [3.63, 3.8) is 0 Å². The van der Waals surface area contributed by atoms with Crippen LogP contribution in [0.25, 0.3) is 0 Å². The Balaban J connectivity index is 2.17. The van der Waals surface area contributed by atoms with E-state index in [2.05, 4.69) is 31.2 Å². The Hall–Kier alpha value is -1.17. The zero-order valence-corrected chi connectivity index (χ0v) is 11.7. The second-order valence-corrected chi connectivity index (χ2v) is 5.01. The molecule has 0 amide bonds. The van der Waals surface area contributed by atoms with Gasteiger partial charge in [0.15, 0.2) is 0 Å². The summed E-state index contributed by atoms with van der Waals surface area (Å²) >= 11 is 9.19. The molecule has 94 valence electrons. The molecule has 18 heavy (non-hydrogen) atoms. The molecule has 4 nitrogen and oxygen atoms in total. The highest BCUT2D eigenvalue weighted by atomic mass is 79.9. The Morgan fingerprint density at radius 1 is 1.33 bits per heavy atom. The first kappa shape index (κ1) is 13.3. The standard InChI is InChI=1S/C12H11BrClN3O/c13-9-5-15-12(16-6-9)17-11(7-18)8-2-1-3-10(14)4-8/h1-6,11,18H,7H2,(H,15,16,17)/t11-/m1/s1. The highest BCUT2D eigenvalue weighted by Crippen LogP contribution is 2.20. The van der Waals surface area contributed by atoms with E-state index in [1.807, 2.05) is 12.1 Å². The number of nitrogens with one attached hydrogen (secondary N) is 1. The minimum absolute atomic E-state index is 0.0697. The van der Waals surface area contributed by atoms with E-state index in [1.165, 1.54) is 0 Å². The van der Waals surface area contributed by atoms with Gasteiger partial charge in [0.2, 0.25) is 5.95 Å². The van der Waals surface area contributed by atoms with Crippen molar-refractivity contribution in [3.05, 3.63) is 51.7 Å². The number of nitrogens with zero attached hydrogens (tertiary/aromatic N) is 2. The largest absolute Gasteiger partial charge is 0.394 e. The van der Waals surface area contributed by atoms with E-state index >= 15 is 0 Å². The molecule has 1 heterocycles. The molecule has 0 unspecified atom stereocenters. The van der Waals surface area contributed by atoms with Crippen LogP contribution in [0, 0.1) is 0 Å². The molecule has 1 atom stereocenters. The molecule has 2 N–H and O–H groups in total. The fourth-order valence-corrected chi connectivity index (χ4v) is 1.90. The summed E-state index contributed by atoms with van der Waals surface area (Å²) in [5, 5.41) is 13.1. The van der Waals surface area contributed by atoms with Crippen LogP contribution in [0.2, 0.25) is 5.02 Å². The molecule has 2 aromatic rings. The van der Waals surface area contributed by atoms with Crippen molar-refractivity contribution in [2.24, 2.45) is 0 Å². The molecule has 0 fully saturated rings. The van der Waals surface area contributed by atoms with Crippen LogP contribution in [0.4, 0.5) is 5.95 Å². The van der Waals surface area contributed by atoms with E-state index in [-0.39, 0.29) is 12.6 Å². The first-order valence-corrected chi connectivity index (χ1v) is 6.46. The third kappa shape index (κ3) is 3.41. The van der Waals surface area contributed by atoms with Gasteiger partial charge in [-0.2, -0.15) is 0 Å². The lowest BCUT2D eigenvalue weighted by molar-refractivity contribution is 0.276. The molecular weight excluding hydrogens is 318 g/mol. The Kier molecular flexibility index (Phi) is 4.52. The van der Waals surface area contributed by atoms with Crippen molar-refractivity contribution in [3.8, 4) is 0 Å². The smallest absolute Gasteiger partial charge is 0.223 e. The van der Waals surface area contributed by atoms with E-state index < -0.39 is 0 Å². The summed E-state index contributed by atoms with van der Waals surface area (Å²) in [6, 6.07) is 7.03. The van der Waals surface area contributed by atoms with Gasteiger partial charge in [-0.3, -0.25) is 0 Å². The molecule has 0 aliphatic rings. The first-order valence-electron chi connectivity index (χ1n) is 5.29. The van der Waals surface area contributed by atoms with E-state index in [9.17, 15) is 5.11 Å². The average molecular weight is 329 g/mol. The number of aromatic nitrogens is 2. The molecular formula is C12H11BrClN3O. The molecule has 2 rings (SSSR count). The van der Waals surface area contributed by atoms with Crippen molar-refractivity contribution in [1.29, 1.82) is 0 Å². The second-order valence-electron chi connectivity index (χ2n) is 3.66. The van der Waals surface area contributed by atoms with Crippen molar-refractivity contribution in [2.45, 2.75) is 6.04 Å². The summed E-state index contributed by atoms with van der Waals surface area (Å²) in [5.41, 5.74) is 0.886. The summed E-state index contributed by atoms with van der Waals surface area (Å²) in [4.78, 5) is 8.20. The lowest BCUT2D eigenvalue weighted by Gasteiger charge is -2.16. The average Bonchev–Trinajstić information content (AvgIpc) is 2.38. The number of rotatable bonds is 4. The predicted molar refractivity (Wildman–Crippen MR) is 74.6 cm³/mol. The lowest BCUT2D eigenvalue weighted by atomic mass is 10.1. The minimum Gasteiger partial charge on any atom is -0.394 e. The zero-order chi connectivity index (χ0) is 13.0. The molecule has 0 saturated heterocycles. The van der Waals surface area contributed by atoms with Gasteiger partial charge in [-0.15, -0.1) is 0 Å². The van der Waals surface area contributed by atoms with Crippen LogP contribution in [-0.2, 0) is 0 Å². The normalized spacial score (nSPS) is 12.2. The molecule has 0 aliphatic heterocycles. The lowest BCUT2D eigenvalue weighted by Crippen LogP contribution is -2.16. The number of aliphatic hydroxyl groups is 1. The minimum atomic E-state index is -0.287. The van der Waals surface area contributed by atoms with E-state index in [1.54, 1.807) is 24.5 Å². The van der Waals surface area contributed by atoms with E-state index in [0.717, 1.165) is 10.0 Å². The van der Waals surface area contributed by atoms with Crippen molar-refractivity contribution < 1.29 is 5.11 Å². The van der Waals surface area contributed by atoms with Gasteiger partial charge in [0.25, 0.3) is 0 Å². The van der Waals surface area contributed by atoms with Gasteiger partial charge >= 0.3 is 0 Å². The SMILES string of the molecule is OC[C@@H](Nc1ncc(Br)cn1)c1cccc(Cl)c1. The molecule has 0 saturated carbocycles. The Labute approximate surface area is 118 Å². The van der Waals surface area contributed by atoms with Crippen LogP contribution in [-0.4, -0.2) is 21.7 Å². The number of benzene rings is 1. The molecule has 0 bridgehead atoms. The van der Waals surface area contributed by atoms with E-state index in [4.69, 9.17) is 11.6 Å². The Morgan fingerprint density at radius 2 is 2.06 bits per heavy atom. The third-order valence-electron chi connectivity index (χ3n) is 2.36. The maximum atomic E-state index is 9.42. The van der Waals surface area contributed by atoms with Gasteiger partial charge in [0, 0.05) is 17.4 Å². The van der Waals surface area contributed by atoms with Crippen LogP contribution in [0.1, 0.15) is 11.6 Å². The Morgan fingerprint density at radius 3 is 2.67 bits per heavy atom. The molecule has 1 aromatic carbocycles. The van der Waals surface area contributed by atoms with Crippen molar-refractivity contribution in [2.75, 3.05) is 11.9 Å². The second kappa shape index (κ2) is 6.13. The van der Waals surface area contributed by atoms with Crippen LogP contribution < -0.4 is 5.32 Å². The highest BCUT2D eigenvalue weighted by molar-refractivity contribution is 9.10. The first-order chi connectivity index (χ1) is 8.69. The third-order valence-corrected chi connectivity index (χ3v) is 3.00. The summed E-state index contributed by atoms with van der Waals surface area (Å²) < 4.78 is 0.802. The fraction of sp³-hybridized carbons (Fsp3) is 0.167. The summed E-state index contributed by atoms with van der Waals surface area (Å²) in [6.45, 7) is -0.0697. The number of halogens is 2. The quantitative estimate of drug-likeness (QED) is 0.906. The van der Waals surface area contributed by atoms with E-state index in [0.29, 0.717) is 11.0 Å². The van der Waals surface area contributed by atoms with Gasteiger partial charge in [0.1, 0.15) is 0 Å². The van der Waals surface area contributed by atoms with Crippen LogP contribution in [0.3, 0.4) is 0 Å². The number of hydrogen-bond acceptors (Lipinski definition) is 4. The molecule has 0 radical (unpaired) electrons. The fourth-order valence-electron chi connectivity index (χ4n) is 1.50. The maximum absolute atomic E-state index is 9.42. The maximum Gasteiger partial charge on any atom is 0.223 e. The van der Waals surface area contributed by atoms with Gasteiger partial charge in [-0.05, 0) is 33.6 Å². The number of aliphatic hydroxyl groups excluding tert-OH is 1. The number of anilines is 1. The zero-order valence-electron chi connectivity index (χ0n) is 9.35. The molecule has 0 aliphatic carbocycles. The predicted octanol–water partition coefficient (Wildman–Crippen LogP) is 3.04. The van der Waals surface area contributed by atoms with Gasteiger partial charge in [-0.25, -0.2) is 9.97 Å². The summed E-state index contributed by atoms with van der Waals surface area (Å²) in [7, 11) is 0. The molecule has 0 spiro atoms. The monoisotopic (exact) mass is 327 g/mol.